The Morgan fingerprint density at radius 2 is 1.05 bits per heavy atom. The summed E-state index contributed by atoms with van der Waals surface area (Å²) in [6.07, 6.45) is 14.9. The molecule has 0 radical (unpaired) electrons. The van der Waals surface area contributed by atoms with Gasteiger partial charge >= 0.3 is 5.97 Å². The smallest absolute Gasteiger partial charge is 0.343 e. The van der Waals surface area contributed by atoms with Crippen molar-refractivity contribution in [2.75, 3.05) is 0 Å². The van der Waals surface area contributed by atoms with E-state index in [2.05, 4.69) is 50.2 Å². The highest BCUT2D eigenvalue weighted by atomic mass is 19.1. The fourth-order valence-corrected chi connectivity index (χ4v) is 5.34. The lowest BCUT2D eigenvalue weighted by Crippen LogP contribution is -2.09. The summed E-state index contributed by atoms with van der Waals surface area (Å²) < 4.78 is 20.6. The molecule has 220 valence electrons. The van der Waals surface area contributed by atoms with Gasteiger partial charge in [-0.1, -0.05) is 132 Å². The average Bonchev–Trinajstić information content (AvgIpc) is 3.02. The molecule has 0 aromatic heterocycles. The van der Waals surface area contributed by atoms with Gasteiger partial charge in [-0.15, -0.1) is 0 Å². The zero-order valence-corrected chi connectivity index (χ0v) is 25.3. The minimum atomic E-state index is -0.574. The van der Waals surface area contributed by atoms with Crippen molar-refractivity contribution < 1.29 is 13.9 Å². The van der Waals surface area contributed by atoms with Crippen LogP contribution in [0.1, 0.15) is 99.5 Å². The maximum Gasteiger partial charge on any atom is 0.343 e. The Labute approximate surface area is 252 Å². The van der Waals surface area contributed by atoms with Crippen LogP contribution >= 0.6 is 0 Å². The molecule has 0 amide bonds. The molecule has 4 rings (SSSR count). The molecule has 42 heavy (non-hydrogen) atoms. The summed E-state index contributed by atoms with van der Waals surface area (Å²) in [5.41, 5.74) is 6.28. The van der Waals surface area contributed by atoms with Gasteiger partial charge in [0.05, 0.1) is 5.56 Å². The number of benzene rings is 4. The third-order valence-electron chi connectivity index (χ3n) is 7.96. The molecular formula is C39H45FO2. The number of carbonyl (C=O) groups is 1. The van der Waals surface area contributed by atoms with Crippen molar-refractivity contribution in [2.24, 2.45) is 0 Å². The number of carbonyl (C=O) groups excluding carboxylic acids is 1. The van der Waals surface area contributed by atoms with Crippen LogP contribution in [-0.2, 0) is 12.8 Å². The van der Waals surface area contributed by atoms with Crippen molar-refractivity contribution >= 4 is 5.97 Å². The predicted octanol–water partition coefficient (Wildman–Crippen LogP) is 11.4. The van der Waals surface area contributed by atoms with Gasteiger partial charge in [0, 0.05) is 5.56 Å². The molecule has 0 aliphatic rings. The summed E-state index contributed by atoms with van der Waals surface area (Å²) in [4.78, 5) is 12.8. The van der Waals surface area contributed by atoms with Crippen LogP contribution in [0.4, 0.5) is 4.39 Å². The molecule has 0 aliphatic heterocycles. The summed E-state index contributed by atoms with van der Waals surface area (Å²) in [5, 5.41) is 0. The number of rotatable bonds is 16. The SMILES string of the molecule is CCCCCCCCCc1ccc(-c2ccc(C(=O)Oc3ccc(-c4ccc(CCCCC)cc4)cc3)cc2F)cc1. The largest absolute Gasteiger partial charge is 0.423 e. The molecule has 0 unspecified atom stereocenters. The fraction of sp³-hybridized carbons (Fsp3) is 0.359. The van der Waals surface area contributed by atoms with Gasteiger partial charge in [-0.3, -0.25) is 0 Å². The molecule has 0 spiro atoms. The first-order valence-electron chi connectivity index (χ1n) is 15.9. The van der Waals surface area contributed by atoms with E-state index < -0.39 is 11.8 Å². The number of aryl methyl sites for hydroxylation is 2. The number of hydrogen-bond donors (Lipinski definition) is 0. The molecule has 0 atom stereocenters. The fourth-order valence-electron chi connectivity index (χ4n) is 5.34. The van der Waals surface area contributed by atoms with Crippen molar-refractivity contribution in [3.63, 3.8) is 0 Å². The highest BCUT2D eigenvalue weighted by Gasteiger charge is 2.13. The Balaban J connectivity index is 1.29. The summed E-state index contributed by atoms with van der Waals surface area (Å²) in [5.74, 6) is -0.576. The van der Waals surface area contributed by atoms with Crippen LogP contribution in [0.3, 0.4) is 0 Å². The third-order valence-corrected chi connectivity index (χ3v) is 7.96. The van der Waals surface area contributed by atoms with E-state index in [0.29, 0.717) is 11.3 Å². The van der Waals surface area contributed by atoms with E-state index in [9.17, 15) is 4.79 Å². The first-order chi connectivity index (χ1) is 20.6. The molecule has 0 saturated heterocycles. The van der Waals surface area contributed by atoms with Gasteiger partial charge in [0.1, 0.15) is 11.6 Å². The molecule has 4 aromatic carbocycles. The minimum absolute atomic E-state index is 0.189. The van der Waals surface area contributed by atoms with Gasteiger partial charge in [-0.2, -0.15) is 0 Å². The van der Waals surface area contributed by atoms with Crippen LogP contribution in [0.25, 0.3) is 22.3 Å². The first-order valence-corrected chi connectivity index (χ1v) is 15.9. The minimum Gasteiger partial charge on any atom is -0.423 e. The summed E-state index contributed by atoms with van der Waals surface area (Å²) in [7, 11) is 0. The van der Waals surface area contributed by atoms with E-state index in [4.69, 9.17) is 4.74 Å². The van der Waals surface area contributed by atoms with Crippen molar-refractivity contribution in [1.82, 2.24) is 0 Å². The number of halogens is 1. The second kappa shape index (κ2) is 16.7. The number of hydrogen-bond acceptors (Lipinski definition) is 2. The molecule has 0 bridgehead atoms. The predicted molar refractivity (Wildman–Crippen MR) is 174 cm³/mol. The molecule has 0 N–H and O–H groups in total. The van der Waals surface area contributed by atoms with Gasteiger partial charge < -0.3 is 4.74 Å². The van der Waals surface area contributed by atoms with Gasteiger partial charge in [-0.05, 0) is 77.8 Å². The molecule has 4 aromatic rings. The summed E-state index contributed by atoms with van der Waals surface area (Å²) >= 11 is 0. The Morgan fingerprint density at radius 1 is 0.571 bits per heavy atom. The molecule has 0 aliphatic carbocycles. The van der Waals surface area contributed by atoms with Crippen LogP contribution in [0.5, 0.6) is 5.75 Å². The molecule has 0 heterocycles. The third kappa shape index (κ3) is 9.41. The Morgan fingerprint density at radius 3 is 1.62 bits per heavy atom. The topological polar surface area (TPSA) is 26.3 Å². The van der Waals surface area contributed by atoms with Crippen molar-refractivity contribution in [2.45, 2.75) is 90.9 Å². The maximum atomic E-state index is 15.1. The van der Waals surface area contributed by atoms with Crippen LogP contribution < -0.4 is 4.74 Å². The van der Waals surface area contributed by atoms with Crippen molar-refractivity contribution in [3.05, 3.63) is 114 Å². The molecule has 2 nitrogen and oxygen atoms in total. The quantitative estimate of drug-likeness (QED) is 0.0768. The standard InChI is InChI=1S/C39H45FO2/c1-3-5-7-8-9-10-12-14-31-17-21-34(22-18-31)37-28-25-35(29-38(37)40)39(41)42-36-26-23-33(24-27-36)32-19-15-30(16-20-32)13-11-6-4-2/h15-29H,3-14H2,1-2H3. The molecule has 0 saturated carbocycles. The summed E-state index contributed by atoms with van der Waals surface area (Å²) in [6.45, 7) is 4.46. The number of ether oxygens (including phenoxy) is 1. The van der Waals surface area contributed by atoms with Gasteiger partial charge in [0.25, 0.3) is 0 Å². The molecular weight excluding hydrogens is 519 g/mol. The lowest BCUT2D eigenvalue weighted by molar-refractivity contribution is 0.0734. The zero-order chi connectivity index (χ0) is 29.6. The van der Waals surface area contributed by atoms with E-state index in [1.807, 2.05) is 24.3 Å². The van der Waals surface area contributed by atoms with Crippen LogP contribution in [0, 0.1) is 5.82 Å². The Hall–Kier alpha value is -3.72. The second-order valence-electron chi connectivity index (χ2n) is 11.3. The number of esters is 1. The highest BCUT2D eigenvalue weighted by Crippen LogP contribution is 2.27. The average molecular weight is 565 g/mol. The lowest BCUT2D eigenvalue weighted by Gasteiger charge is -2.09. The normalized spacial score (nSPS) is 11.0. The number of unbranched alkanes of at least 4 members (excludes halogenated alkanes) is 8. The first kappa shape index (κ1) is 31.2. The van der Waals surface area contributed by atoms with E-state index in [1.165, 1.54) is 81.4 Å². The van der Waals surface area contributed by atoms with Gasteiger partial charge in [0.2, 0.25) is 0 Å². The van der Waals surface area contributed by atoms with Crippen LogP contribution in [-0.4, -0.2) is 5.97 Å². The second-order valence-corrected chi connectivity index (χ2v) is 11.3. The van der Waals surface area contributed by atoms with E-state index in [0.717, 1.165) is 29.5 Å². The van der Waals surface area contributed by atoms with Gasteiger partial charge in [-0.25, -0.2) is 9.18 Å². The Bertz CT molecular complexity index is 1370. The van der Waals surface area contributed by atoms with Crippen molar-refractivity contribution in [3.8, 4) is 28.0 Å². The summed E-state index contributed by atoms with van der Waals surface area (Å²) in [6, 6.07) is 28.7. The van der Waals surface area contributed by atoms with Crippen LogP contribution in [0.2, 0.25) is 0 Å². The lowest BCUT2D eigenvalue weighted by atomic mass is 9.99. The molecule has 3 heteroatoms. The Kier molecular flexibility index (Phi) is 12.4. The zero-order valence-electron chi connectivity index (χ0n) is 25.3. The molecule has 0 fully saturated rings. The van der Waals surface area contributed by atoms with E-state index >= 15 is 4.39 Å². The maximum absolute atomic E-state index is 15.1. The highest BCUT2D eigenvalue weighted by molar-refractivity contribution is 5.91. The van der Waals surface area contributed by atoms with Crippen LogP contribution in [0.15, 0.2) is 91.0 Å². The monoisotopic (exact) mass is 564 g/mol. The van der Waals surface area contributed by atoms with E-state index in [1.54, 1.807) is 24.3 Å². The van der Waals surface area contributed by atoms with Crippen molar-refractivity contribution in [1.29, 1.82) is 0 Å². The van der Waals surface area contributed by atoms with E-state index in [-0.39, 0.29) is 5.56 Å². The van der Waals surface area contributed by atoms with Gasteiger partial charge in [0.15, 0.2) is 0 Å².